The zero-order valence-corrected chi connectivity index (χ0v) is 17.1. The van der Waals surface area contributed by atoms with Gasteiger partial charge < -0.3 is 20.6 Å². The number of rotatable bonds is 6. The molecule has 156 valence electrons. The smallest absolute Gasteiger partial charge is 0.191 e. The highest BCUT2D eigenvalue weighted by atomic mass is 19.1. The number of anilines is 1. The van der Waals surface area contributed by atoms with Crippen LogP contribution in [0.3, 0.4) is 0 Å². The number of aliphatic hydroxyl groups is 1. The van der Waals surface area contributed by atoms with E-state index in [9.17, 15) is 9.50 Å². The van der Waals surface area contributed by atoms with E-state index in [0.717, 1.165) is 49.3 Å². The number of guanidine groups is 1. The standard InChI is InChI=1S/C22H30FN5O/c1-3-25-22(26-14-21(29)17-8-10-24-11-9-17)27-19-5-4-12-28(15-19)20-7-6-18(23)13-16(20)2/h6-11,13,19,21,29H,3-5,12,14-15H2,1-2H3,(H2,25,26,27). The Hall–Kier alpha value is -2.67. The predicted molar refractivity (Wildman–Crippen MR) is 115 cm³/mol. The third-order valence-corrected chi connectivity index (χ3v) is 5.12. The molecule has 2 unspecified atom stereocenters. The van der Waals surface area contributed by atoms with Gasteiger partial charge in [-0.1, -0.05) is 0 Å². The zero-order chi connectivity index (χ0) is 20.6. The van der Waals surface area contributed by atoms with Crippen molar-refractivity contribution < 1.29 is 9.50 Å². The molecule has 2 atom stereocenters. The summed E-state index contributed by atoms with van der Waals surface area (Å²) in [5.41, 5.74) is 2.83. The van der Waals surface area contributed by atoms with Gasteiger partial charge in [-0.2, -0.15) is 0 Å². The second kappa shape index (κ2) is 10.2. The number of aliphatic hydroxyl groups excluding tert-OH is 1. The maximum absolute atomic E-state index is 13.4. The first kappa shape index (κ1) is 21.0. The molecule has 1 saturated heterocycles. The van der Waals surface area contributed by atoms with Crippen molar-refractivity contribution in [1.82, 2.24) is 15.6 Å². The first-order valence-corrected chi connectivity index (χ1v) is 10.2. The number of halogens is 1. The topological polar surface area (TPSA) is 72.8 Å². The fraction of sp³-hybridized carbons (Fsp3) is 0.455. The highest BCUT2D eigenvalue weighted by Crippen LogP contribution is 2.24. The van der Waals surface area contributed by atoms with E-state index >= 15 is 0 Å². The molecule has 0 amide bonds. The van der Waals surface area contributed by atoms with Gasteiger partial charge in [0.1, 0.15) is 5.82 Å². The van der Waals surface area contributed by atoms with E-state index in [-0.39, 0.29) is 18.4 Å². The summed E-state index contributed by atoms with van der Waals surface area (Å²) in [6.07, 6.45) is 4.75. The number of aryl methyl sites for hydroxylation is 1. The quantitative estimate of drug-likeness (QED) is 0.515. The van der Waals surface area contributed by atoms with Gasteiger partial charge in [-0.25, -0.2) is 4.39 Å². The van der Waals surface area contributed by atoms with Crippen LogP contribution in [0.5, 0.6) is 0 Å². The minimum Gasteiger partial charge on any atom is -0.386 e. The first-order valence-electron chi connectivity index (χ1n) is 10.2. The molecule has 0 saturated carbocycles. The summed E-state index contributed by atoms with van der Waals surface area (Å²) in [7, 11) is 0. The number of nitrogens with zero attached hydrogens (tertiary/aromatic N) is 3. The molecule has 0 spiro atoms. The molecule has 0 radical (unpaired) electrons. The van der Waals surface area contributed by atoms with Gasteiger partial charge in [0.25, 0.3) is 0 Å². The number of hydrogen-bond donors (Lipinski definition) is 3. The molecule has 2 heterocycles. The second-order valence-electron chi connectivity index (χ2n) is 7.38. The lowest BCUT2D eigenvalue weighted by Gasteiger charge is -2.36. The van der Waals surface area contributed by atoms with E-state index in [1.807, 2.05) is 19.9 Å². The SMILES string of the molecule is CCNC(=NCC(O)c1ccncc1)NC1CCCN(c2ccc(F)cc2C)C1. The summed E-state index contributed by atoms with van der Waals surface area (Å²) in [6.45, 7) is 6.76. The minimum absolute atomic E-state index is 0.202. The lowest BCUT2D eigenvalue weighted by Crippen LogP contribution is -2.51. The number of nitrogens with one attached hydrogen (secondary N) is 2. The Bertz CT molecular complexity index is 814. The zero-order valence-electron chi connectivity index (χ0n) is 17.1. The van der Waals surface area contributed by atoms with Crippen molar-refractivity contribution in [1.29, 1.82) is 0 Å². The van der Waals surface area contributed by atoms with E-state index < -0.39 is 6.10 Å². The molecule has 2 aromatic rings. The Morgan fingerprint density at radius 3 is 2.86 bits per heavy atom. The van der Waals surface area contributed by atoms with Gasteiger partial charge in [-0.05, 0) is 68.1 Å². The Kier molecular flexibility index (Phi) is 7.41. The lowest BCUT2D eigenvalue weighted by molar-refractivity contribution is 0.187. The molecular formula is C22H30FN5O. The fourth-order valence-corrected chi connectivity index (χ4v) is 3.67. The van der Waals surface area contributed by atoms with Gasteiger partial charge >= 0.3 is 0 Å². The second-order valence-corrected chi connectivity index (χ2v) is 7.38. The van der Waals surface area contributed by atoms with Crippen molar-refractivity contribution in [2.45, 2.75) is 38.8 Å². The van der Waals surface area contributed by atoms with Crippen molar-refractivity contribution in [2.75, 3.05) is 31.1 Å². The molecule has 6 nitrogen and oxygen atoms in total. The molecular weight excluding hydrogens is 369 g/mol. The Morgan fingerprint density at radius 2 is 2.14 bits per heavy atom. The normalized spacial score (nSPS) is 18.4. The summed E-state index contributed by atoms with van der Waals surface area (Å²) < 4.78 is 13.4. The molecule has 0 bridgehead atoms. The molecule has 1 aliphatic heterocycles. The number of piperidine rings is 1. The van der Waals surface area contributed by atoms with Crippen molar-refractivity contribution >= 4 is 11.6 Å². The number of hydrogen-bond acceptors (Lipinski definition) is 4. The summed E-state index contributed by atoms with van der Waals surface area (Å²) >= 11 is 0. The van der Waals surface area contributed by atoms with Gasteiger partial charge in [-0.3, -0.25) is 9.98 Å². The first-order chi connectivity index (χ1) is 14.1. The van der Waals surface area contributed by atoms with Crippen molar-refractivity contribution in [3.63, 3.8) is 0 Å². The van der Waals surface area contributed by atoms with Crippen LogP contribution in [-0.2, 0) is 0 Å². The van der Waals surface area contributed by atoms with Crippen LogP contribution in [0, 0.1) is 12.7 Å². The third-order valence-electron chi connectivity index (χ3n) is 5.12. The van der Waals surface area contributed by atoms with E-state index in [0.29, 0.717) is 5.96 Å². The molecule has 0 aliphatic carbocycles. The van der Waals surface area contributed by atoms with Crippen LogP contribution >= 0.6 is 0 Å². The molecule has 1 fully saturated rings. The van der Waals surface area contributed by atoms with Crippen LogP contribution in [0.2, 0.25) is 0 Å². The highest BCUT2D eigenvalue weighted by Gasteiger charge is 2.22. The van der Waals surface area contributed by atoms with Gasteiger partial charge in [0.15, 0.2) is 5.96 Å². The van der Waals surface area contributed by atoms with Crippen LogP contribution < -0.4 is 15.5 Å². The number of aliphatic imine (C=N–C) groups is 1. The Balaban J connectivity index is 1.63. The van der Waals surface area contributed by atoms with Crippen LogP contribution in [0.15, 0.2) is 47.7 Å². The molecule has 1 aliphatic rings. The molecule has 1 aromatic heterocycles. The van der Waals surface area contributed by atoms with Crippen molar-refractivity contribution in [3.8, 4) is 0 Å². The van der Waals surface area contributed by atoms with Crippen molar-refractivity contribution in [2.24, 2.45) is 4.99 Å². The van der Waals surface area contributed by atoms with E-state index in [4.69, 9.17) is 0 Å². The van der Waals surface area contributed by atoms with Crippen molar-refractivity contribution in [3.05, 3.63) is 59.7 Å². The molecule has 3 N–H and O–H groups in total. The average Bonchev–Trinajstić information content (AvgIpc) is 2.73. The fourth-order valence-electron chi connectivity index (χ4n) is 3.67. The van der Waals surface area contributed by atoms with Gasteiger partial charge in [0.2, 0.25) is 0 Å². The highest BCUT2D eigenvalue weighted by molar-refractivity contribution is 5.80. The summed E-state index contributed by atoms with van der Waals surface area (Å²) in [5, 5.41) is 17.1. The third kappa shape index (κ3) is 5.90. The van der Waals surface area contributed by atoms with Crippen LogP contribution in [0.4, 0.5) is 10.1 Å². The van der Waals surface area contributed by atoms with Gasteiger partial charge in [0.05, 0.1) is 12.6 Å². The van der Waals surface area contributed by atoms with E-state index in [1.54, 1.807) is 30.6 Å². The molecule has 1 aromatic carbocycles. The number of benzene rings is 1. The summed E-state index contributed by atoms with van der Waals surface area (Å²) in [5.74, 6) is 0.496. The molecule has 7 heteroatoms. The maximum Gasteiger partial charge on any atom is 0.191 e. The van der Waals surface area contributed by atoms with E-state index in [1.165, 1.54) is 6.07 Å². The van der Waals surface area contributed by atoms with Gasteiger partial charge in [0, 0.05) is 43.8 Å². The molecule has 29 heavy (non-hydrogen) atoms. The summed E-state index contributed by atoms with van der Waals surface area (Å²) in [6, 6.07) is 8.78. The number of aromatic nitrogens is 1. The average molecular weight is 400 g/mol. The largest absolute Gasteiger partial charge is 0.386 e. The minimum atomic E-state index is -0.668. The Labute approximate surface area is 171 Å². The lowest BCUT2D eigenvalue weighted by atomic mass is 10.0. The van der Waals surface area contributed by atoms with Crippen LogP contribution in [0.25, 0.3) is 0 Å². The predicted octanol–water partition coefficient (Wildman–Crippen LogP) is 2.79. The summed E-state index contributed by atoms with van der Waals surface area (Å²) in [4.78, 5) is 10.8. The monoisotopic (exact) mass is 399 g/mol. The number of pyridine rings is 1. The maximum atomic E-state index is 13.4. The van der Waals surface area contributed by atoms with Crippen LogP contribution in [0.1, 0.15) is 37.0 Å². The van der Waals surface area contributed by atoms with E-state index in [2.05, 4.69) is 25.5 Å². The van der Waals surface area contributed by atoms with Crippen LogP contribution in [-0.4, -0.2) is 48.3 Å². The molecule has 3 rings (SSSR count). The Morgan fingerprint density at radius 1 is 1.34 bits per heavy atom. The van der Waals surface area contributed by atoms with Gasteiger partial charge in [-0.15, -0.1) is 0 Å².